The fourth-order valence-electron chi connectivity index (χ4n) is 2.80. The maximum atomic E-state index is 6.49. The van der Waals surface area contributed by atoms with Crippen molar-refractivity contribution in [2.75, 3.05) is 32.9 Å². The summed E-state index contributed by atoms with van der Waals surface area (Å²) in [6.07, 6.45) is 1.73. The first-order chi connectivity index (χ1) is 9.81. The molecule has 1 N–H and O–H groups in total. The minimum atomic E-state index is -0.0108. The molecule has 2 aliphatic heterocycles. The van der Waals surface area contributed by atoms with Crippen LogP contribution in [0.1, 0.15) is 30.6 Å². The van der Waals surface area contributed by atoms with Crippen LogP contribution in [0.25, 0.3) is 0 Å². The van der Waals surface area contributed by atoms with Gasteiger partial charge in [0.1, 0.15) is 0 Å². The predicted octanol–water partition coefficient (Wildman–Crippen LogP) is 2.72. The van der Waals surface area contributed by atoms with E-state index in [1.165, 1.54) is 0 Å². The number of morpholine rings is 1. The largest absolute Gasteiger partial charge is 0.489 e. The lowest BCUT2D eigenvalue weighted by atomic mass is 9.97. The Bertz CT molecular complexity index is 486. The summed E-state index contributed by atoms with van der Waals surface area (Å²) in [6, 6.07) is 1.87. The molecule has 1 aromatic carbocycles. The van der Waals surface area contributed by atoms with Crippen LogP contribution < -0.4 is 14.8 Å². The van der Waals surface area contributed by atoms with Crippen LogP contribution >= 0.6 is 11.6 Å². The van der Waals surface area contributed by atoms with E-state index >= 15 is 0 Å². The minimum Gasteiger partial charge on any atom is -0.489 e. The molecule has 0 aromatic heterocycles. The van der Waals surface area contributed by atoms with Gasteiger partial charge in [-0.1, -0.05) is 18.5 Å². The van der Waals surface area contributed by atoms with E-state index in [9.17, 15) is 0 Å². The molecule has 0 amide bonds. The maximum absolute atomic E-state index is 6.49. The van der Waals surface area contributed by atoms with Crippen LogP contribution in [0.4, 0.5) is 0 Å². The SMILES string of the molecule is CCc1c2c(cc(Cl)c1C1CNCCO1)OCCCO2. The Morgan fingerprint density at radius 2 is 2.15 bits per heavy atom. The highest BCUT2D eigenvalue weighted by Gasteiger charge is 2.27. The van der Waals surface area contributed by atoms with Crippen molar-refractivity contribution in [1.82, 2.24) is 5.32 Å². The summed E-state index contributed by atoms with van der Waals surface area (Å²) in [6.45, 7) is 5.85. The van der Waals surface area contributed by atoms with Gasteiger partial charge in [-0.15, -0.1) is 0 Å². The number of benzene rings is 1. The van der Waals surface area contributed by atoms with Gasteiger partial charge in [-0.25, -0.2) is 0 Å². The predicted molar refractivity (Wildman–Crippen MR) is 78.0 cm³/mol. The fraction of sp³-hybridized carbons (Fsp3) is 0.600. The van der Waals surface area contributed by atoms with Gasteiger partial charge in [0, 0.05) is 36.7 Å². The molecule has 4 nitrogen and oxygen atoms in total. The lowest BCUT2D eigenvalue weighted by Gasteiger charge is -2.28. The number of halogens is 1. The summed E-state index contributed by atoms with van der Waals surface area (Å²) in [7, 11) is 0. The van der Waals surface area contributed by atoms with E-state index in [4.69, 9.17) is 25.8 Å². The average Bonchev–Trinajstić information content (AvgIpc) is 2.71. The van der Waals surface area contributed by atoms with Gasteiger partial charge in [-0.2, -0.15) is 0 Å². The first-order valence-electron chi connectivity index (χ1n) is 7.24. The molecule has 1 aromatic rings. The smallest absolute Gasteiger partial charge is 0.164 e. The van der Waals surface area contributed by atoms with Gasteiger partial charge in [0.2, 0.25) is 0 Å². The molecule has 1 atom stereocenters. The molecule has 0 aliphatic carbocycles. The van der Waals surface area contributed by atoms with Gasteiger partial charge in [-0.3, -0.25) is 0 Å². The second kappa shape index (κ2) is 6.20. The molecular weight excluding hydrogens is 278 g/mol. The average molecular weight is 298 g/mol. The van der Waals surface area contributed by atoms with Crippen LogP contribution in [-0.4, -0.2) is 32.9 Å². The van der Waals surface area contributed by atoms with Crippen molar-refractivity contribution in [2.45, 2.75) is 25.9 Å². The third kappa shape index (κ3) is 2.60. The maximum Gasteiger partial charge on any atom is 0.164 e. The van der Waals surface area contributed by atoms with Crippen molar-refractivity contribution < 1.29 is 14.2 Å². The summed E-state index contributed by atoms with van der Waals surface area (Å²) in [5.41, 5.74) is 2.16. The number of ether oxygens (including phenoxy) is 3. The molecule has 1 fully saturated rings. The molecule has 0 spiro atoms. The third-order valence-electron chi connectivity index (χ3n) is 3.73. The normalized spacial score (nSPS) is 22.4. The Morgan fingerprint density at radius 3 is 2.90 bits per heavy atom. The molecule has 0 bridgehead atoms. The van der Waals surface area contributed by atoms with Crippen LogP contribution in [0, 0.1) is 0 Å². The number of nitrogens with one attached hydrogen (secondary N) is 1. The Morgan fingerprint density at radius 1 is 1.30 bits per heavy atom. The minimum absolute atomic E-state index is 0.0108. The Balaban J connectivity index is 2.06. The van der Waals surface area contributed by atoms with Crippen LogP contribution in [0.3, 0.4) is 0 Å². The summed E-state index contributed by atoms with van der Waals surface area (Å²) in [5.74, 6) is 1.61. The standard InChI is InChI=1S/C15H20ClNO3/c1-2-10-14(13-9-17-4-7-19-13)11(16)8-12-15(10)20-6-3-5-18-12/h8,13,17H,2-7,9H2,1H3. The topological polar surface area (TPSA) is 39.7 Å². The Hall–Kier alpha value is -0.970. The van der Waals surface area contributed by atoms with E-state index < -0.39 is 0 Å². The van der Waals surface area contributed by atoms with E-state index in [1.807, 2.05) is 6.07 Å². The van der Waals surface area contributed by atoms with Crippen molar-refractivity contribution >= 4 is 11.6 Å². The summed E-state index contributed by atoms with van der Waals surface area (Å²) in [5, 5.41) is 4.06. The van der Waals surface area contributed by atoms with Crippen LogP contribution in [0.2, 0.25) is 5.02 Å². The Labute approximate surface area is 124 Å². The van der Waals surface area contributed by atoms with Gasteiger partial charge < -0.3 is 19.5 Å². The zero-order chi connectivity index (χ0) is 13.9. The number of hydrogen-bond acceptors (Lipinski definition) is 4. The highest BCUT2D eigenvalue weighted by Crippen LogP contribution is 2.43. The van der Waals surface area contributed by atoms with Crippen LogP contribution in [0.15, 0.2) is 6.07 Å². The molecule has 0 saturated carbocycles. The molecule has 3 rings (SSSR count). The summed E-state index contributed by atoms with van der Waals surface area (Å²) < 4.78 is 17.5. The highest BCUT2D eigenvalue weighted by atomic mass is 35.5. The van der Waals surface area contributed by atoms with Crippen LogP contribution in [0.5, 0.6) is 11.5 Å². The molecule has 2 heterocycles. The van der Waals surface area contributed by atoms with Crippen LogP contribution in [-0.2, 0) is 11.2 Å². The first-order valence-corrected chi connectivity index (χ1v) is 7.62. The third-order valence-corrected chi connectivity index (χ3v) is 4.05. The van der Waals surface area contributed by atoms with Gasteiger partial charge in [0.25, 0.3) is 0 Å². The molecule has 20 heavy (non-hydrogen) atoms. The van der Waals surface area contributed by atoms with Crippen molar-refractivity contribution in [1.29, 1.82) is 0 Å². The highest BCUT2D eigenvalue weighted by molar-refractivity contribution is 6.31. The fourth-order valence-corrected chi connectivity index (χ4v) is 3.14. The summed E-state index contributed by atoms with van der Waals surface area (Å²) >= 11 is 6.49. The lowest BCUT2D eigenvalue weighted by molar-refractivity contribution is 0.0270. The molecule has 110 valence electrons. The molecule has 1 unspecified atom stereocenters. The van der Waals surface area contributed by atoms with Gasteiger partial charge in [0.15, 0.2) is 11.5 Å². The van der Waals surface area contributed by atoms with Crippen molar-refractivity contribution in [3.63, 3.8) is 0 Å². The molecular formula is C15H20ClNO3. The lowest BCUT2D eigenvalue weighted by Crippen LogP contribution is -2.34. The number of rotatable bonds is 2. The molecule has 2 aliphatic rings. The van der Waals surface area contributed by atoms with Crippen molar-refractivity contribution in [2.24, 2.45) is 0 Å². The zero-order valence-electron chi connectivity index (χ0n) is 11.7. The van der Waals surface area contributed by atoms with Crippen molar-refractivity contribution in [3.05, 3.63) is 22.2 Å². The second-order valence-corrected chi connectivity index (χ2v) is 5.45. The van der Waals surface area contributed by atoms with Crippen molar-refractivity contribution in [3.8, 4) is 11.5 Å². The van der Waals surface area contributed by atoms with E-state index in [1.54, 1.807) is 0 Å². The molecule has 1 saturated heterocycles. The van der Waals surface area contributed by atoms with E-state index in [2.05, 4.69) is 12.2 Å². The zero-order valence-corrected chi connectivity index (χ0v) is 12.5. The molecule has 0 radical (unpaired) electrons. The second-order valence-electron chi connectivity index (χ2n) is 5.05. The number of fused-ring (bicyclic) bond motifs is 1. The monoisotopic (exact) mass is 297 g/mol. The van der Waals surface area contributed by atoms with Gasteiger partial charge in [0.05, 0.1) is 30.9 Å². The quantitative estimate of drug-likeness (QED) is 0.911. The summed E-state index contributed by atoms with van der Waals surface area (Å²) in [4.78, 5) is 0. The van der Waals surface area contributed by atoms with E-state index in [-0.39, 0.29) is 6.10 Å². The Kier molecular flexibility index (Phi) is 4.34. The van der Waals surface area contributed by atoms with Gasteiger partial charge in [-0.05, 0) is 6.42 Å². The molecule has 5 heteroatoms. The first kappa shape index (κ1) is 14.0. The van der Waals surface area contributed by atoms with E-state index in [0.29, 0.717) is 24.8 Å². The van der Waals surface area contributed by atoms with E-state index in [0.717, 1.165) is 48.6 Å². The number of hydrogen-bond donors (Lipinski definition) is 1. The van der Waals surface area contributed by atoms with Gasteiger partial charge >= 0.3 is 0 Å².